The number of oxazole rings is 1. The lowest BCUT2D eigenvalue weighted by molar-refractivity contribution is 0.0698. The topological polar surface area (TPSA) is 101 Å². The highest BCUT2D eigenvalue weighted by Gasteiger charge is 2.15. The maximum absolute atomic E-state index is 11.2. The molecule has 0 unspecified atom stereocenters. The molecular formula is C13H14ClN3O3. The highest BCUT2D eigenvalue weighted by atomic mass is 35.5. The Hall–Kier alpha value is -2.21. The molecule has 0 radical (unpaired) electrons. The third-order valence-corrected chi connectivity index (χ3v) is 3.13. The Bertz CT molecular complexity index is 648. The standard InChI is InChI=1S/C13H14ClN3O3/c1-6-7(2)20-11(17-6)5-16-12-9(13(18)19)3-8(15)4-10(12)14/h3-4,16H,5,15H2,1-2H3,(H,18,19). The summed E-state index contributed by atoms with van der Waals surface area (Å²) in [5, 5.41) is 12.3. The Kier molecular flexibility index (Phi) is 3.85. The molecule has 1 heterocycles. The van der Waals surface area contributed by atoms with Gasteiger partial charge < -0.3 is 20.6 Å². The highest BCUT2D eigenvalue weighted by molar-refractivity contribution is 6.34. The van der Waals surface area contributed by atoms with Crippen molar-refractivity contribution in [1.82, 2.24) is 4.98 Å². The Balaban J connectivity index is 2.27. The fraction of sp³-hybridized carbons (Fsp3) is 0.231. The van der Waals surface area contributed by atoms with Crippen molar-refractivity contribution >= 4 is 28.9 Å². The minimum atomic E-state index is -1.11. The number of carboxylic acid groups (broad SMARTS) is 1. The summed E-state index contributed by atoms with van der Waals surface area (Å²) < 4.78 is 5.41. The van der Waals surface area contributed by atoms with Gasteiger partial charge in [-0.15, -0.1) is 0 Å². The largest absolute Gasteiger partial charge is 0.478 e. The van der Waals surface area contributed by atoms with Crippen molar-refractivity contribution in [3.05, 3.63) is 40.1 Å². The van der Waals surface area contributed by atoms with Crippen molar-refractivity contribution in [3.63, 3.8) is 0 Å². The van der Waals surface area contributed by atoms with E-state index in [1.54, 1.807) is 0 Å². The van der Waals surface area contributed by atoms with Crippen molar-refractivity contribution in [1.29, 1.82) is 0 Å². The molecule has 0 atom stereocenters. The third kappa shape index (κ3) is 2.85. The van der Waals surface area contributed by atoms with Crippen LogP contribution in [0.4, 0.5) is 11.4 Å². The van der Waals surface area contributed by atoms with Crippen LogP contribution in [0.25, 0.3) is 0 Å². The number of aromatic carboxylic acids is 1. The molecule has 20 heavy (non-hydrogen) atoms. The number of nitrogens with zero attached hydrogens (tertiary/aromatic N) is 1. The molecule has 1 aromatic heterocycles. The summed E-state index contributed by atoms with van der Waals surface area (Å²) in [7, 11) is 0. The Morgan fingerprint density at radius 2 is 2.20 bits per heavy atom. The molecule has 4 N–H and O–H groups in total. The van der Waals surface area contributed by atoms with Crippen LogP contribution >= 0.6 is 11.6 Å². The zero-order chi connectivity index (χ0) is 14.9. The molecule has 0 spiro atoms. The molecule has 0 saturated heterocycles. The minimum Gasteiger partial charge on any atom is -0.478 e. The molecule has 0 aliphatic heterocycles. The van der Waals surface area contributed by atoms with Crippen LogP contribution in [0.5, 0.6) is 0 Å². The SMILES string of the molecule is Cc1nc(CNc2c(Cl)cc(N)cc2C(=O)O)oc1C. The molecule has 0 aliphatic carbocycles. The van der Waals surface area contributed by atoms with Gasteiger partial charge in [0, 0.05) is 5.69 Å². The van der Waals surface area contributed by atoms with E-state index in [4.69, 9.17) is 26.9 Å². The average Bonchev–Trinajstić information content (AvgIpc) is 2.66. The van der Waals surface area contributed by atoms with Crippen molar-refractivity contribution < 1.29 is 14.3 Å². The van der Waals surface area contributed by atoms with E-state index in [1.807, 2.05) is 13.8 Å². The van der Waals surface area contributed by atoms with Crippen molar-refractivity contribution in [2.75, 3.05) is 11.1 Å². The molecule has 0 aliphatic rings. The van der Waals surface area contributed by atoms with Gasteiger partial charge in [0.25, 0.3) is 0 Å². The number of halogens is 1. The van der Waals surface area contributed by atoms with Gasteiger partial charge in [-0.25, -0.2) is 9.78 Å². The van der Waals surface area contributed by atoms with E-state index in [0.717, 1.165) is 11.5 Å². The van der Waals surface area contributed by atoms with E-state index in [1.165, 1.54) is 12.1 Å². The average molecular weight is 296 g/mol. The van der Waals surface area contributed by atoms with Gasteiger partial charge >= 0.3 is 5.97 Å². The van der Waals surface area contributed by atoms with Gasteiger partial charge in [-0.3, -0.25) is 0 Å². The van der Waals surface area contributed by atoms with Gasteiger partial charge in [0.05, 0.1) is 28.5 Å². The van der Waals surface area contributed by atoms with E-state index in [9.17, 15) is 4.79 Å². The molecule has 2 aromatic rings. The number of aromatic nitrogens is 1. The summed E-state index contributed by atoms with van der Waals surface area (Å²) in [6.45, 7) is 3.88. The molecular weight excluding hydrogens is 282 g/mol. The molecule has 0 bridgehead atoms. The Morgan fingerprint density at radius 3 is 2.75 bits per heavy atom. The summed E-state index contributed by atoms with van der Waals surface area (Å²) in [4.78, 5) is 15.4. The normalized spacial score (nSPS) is 10.6. The van der Waals surface area contributed by atoms with Crippen molar-refractivity contribution in [2.45, 2.75) is 20.4 Å². The number of aryl methyl sites for hydroxylation is 2. The zero-order valence-corrected chi connectivity index (χ0v) is 11.8. The van der Waals surface area contributed by atoms with Crippen molar-refractivity contribution in [3.8, 4) is 0 Å². The number of hydrogen-bond donors (Lipinski definition) is 3. The van der Waals surface area contributed by atoms with Crippen LogP contribution in [0.15, 0.2) is 16.5 Å². The number of nitrogen functional groups attached to an aromatic ring is 1. The fourth-order valence-electron chi connectivity index (χ4n) is 1.75. The van der Waals surface area contributed by atoms with E-state index in [-0.39, 0.29) is 17.1 Å². The van der Waals surface area contributed by atoms with Gasteiger partial charge in [-0.05, 0) is 26.0 Å². The molecule has 7 heteroatoms. The monoisotopic (exact) mass is 295 g/mol. The van der Waals surface area contributed by atoms with Crippen LogP contribution in [-0.4, -0.2) is 16.1 Å². The zero-order valence-electron chi connectivity index (χ0n) is 11.0. The van der Waals surface area contributed by atoms with Gasteiger partial charge in [-0.2, -0.15) is 0 Å². The predicted molar refractivity (Wildman–Crippen MR) is 76.1 cm³/mol. The quantitative estimate of drug-likeness (QED) is 0.750. The number of rotatable bonds is 4. The lowest BCUT2D eigenvalue weighted by Crippen LogP contribution is -2.08. The van der Waals surface area contributed by atoms with E-state index < -0.39 is 5.97 Å². The molecule has 2 rings (SSSR count). The van der Waals surface area contributed by atoms with Gasteiger partial charge in [-0.1, -0.05) is 11.6 Å². The summed E-state index contributed by atoms with van der Waals surface area (Å²) in [6.07, 6.45) is 0. The molecule has 0 fully saturated rings. The number of nitrogens with two attached hydrogens (primary N) is 1. The van der Waals surface area contributed by atoms with E-state index in [2.05, 4.69) is 10.3 Å². The number of carboxylic acids is 1. The summed E-state index contributed by atoms with van der Waals surface area (Å²) in [6, 6.07) is 2.84. The number of benzene rings is 1. The first-order chi connectivity index (χ1) is 9.38. The maximum Gasteiger partial charge on any atom is 0.337 e. The number of hydrogen-bond acceptors (Lipinski definition) is 5. The number of carbonyl (C=O) groups is 1. The van der Waals surface area contributed by atoms with Crippen LogP contribution in [0.2, 0.25) is 5.02 Å². The molecule has 1 aromatic carbocycles. The minimum absolute atomic E-state index is 0.00926. The first-order valence-electron chi connectivity index (χ1n) is 5.87. The molecule has 106 valence electrons. The first-order valence-corrected chi connectivity index (χ1v) is 6.25. The second-order valence-electron chi connectivity index (χ2n) is 4.33. The van der Waals surface area contributed by atoms with Crippen LogP contribution in [0.1, 0.15) is 27.7 Å². The predicted octanol–water partition coefficient (Wildman–Crippen LogP) is 2.84. The second kappa shape index (κ2) is 5.42. The Labute approximate surface area is 120 Å². The smallest absolute Gasteiger partial charge is 0.337 e. The van der Waals surface area contributed by atoms with Crippen LogP contribution < -0.4 is 11.1 Å². The highest BCUT2D eigenvalue weighted by Crippen LogP contribution is 2.29. The van der Waals surface area contributed by atoms with E-state index >= 15 is 0 Å². The summed E-state index contributed by atoms with van der Waals surface area (Å²) in [5.74, 6) is 0.0781. The first kappa shape index (κ1) is 14.2. The van der Waals surface area contributed by atoms with Gasteiger partial charge in [0.15, 0.2) is 0 Å². The summed E-state index contributed by atoms with van der Waals surface area (Å²) >= 11 is 6.02. The maximum atomic E-state index is 11.2. The molecule has 6 nitrogen and oxygen atoms in total. The molecule has 0 saturated carbocycles. The van der Waals surface area contributed by atoms with Crippen LogP contribution in [0, 0.1) is 13.8 Å². The van der Waals surface area contributed by atoms with Crippen LogP contribution in [0.3, 0.4) is 0 Å². The lowest BCUT2D eigenvalue weighted by Gasteiger charge is -2.11. The molecule has 0 amide bonds. The number of anilines is 2. The lowest BCUT2D eigenvalue weighted by atomic mass is 10.1. The van der Waals surface area contributed by atoms with Crippen molar-refractivity contribution in [2.24, 2.45) is 0 Å². The number of nitrogens with one attached hydrogen (secondary N) is 1. The third-order valence-electron chi connectivity index (χ3n) is 2.83. The van der Waals surface area contributed by atoms with Gasteiger partial charge in [0.1, 0.15) is 5.76 Å². The fourth-order valence-corrected chi connectivity index (χ4v) is 2.05. The second-order valence-corrected chi connectivity index (χ2v) is 4.74. The van der Waals surface area contributed by atoms with Gasteiger partial charge in [0.2, 0.25) is 5.89 Å². The van der Waals surface area contributed by atoms with E-state index in [0.29, 0.717) is 17.3 Å². The summed E-state index contributed by atoms with van der Waals surface area (Å²) in [5.41, 5.74) is 6.98. The van der Waals surface area contributed by atoms with Crippen LogP contribution in [-0.2, 0) is 6.54 Å². The Morgan fingerprint density at radius 1 is 1.50 bits per heavy atom.